The molecule has 20 heavy (non-hydrogen) atoms. The highest BCUT2D eigenvalue weighted by Gasteiger charge is 2.08. The maximum absolute atomic E-state index is 3.88. The lowest BCUT2D eigenvalue weighted by molar-refractivity contribution is 0.806. The van der Waals surface area contributed by atoms with Gasteiger partial charge in [-0.05, 0) is 35.2 Å². The molecule has 0 unspecified atom stereocenters. The van der Waals surface area contributed by atoms with Crippen LogP contribution in [0.3, 0.4) is 0 Å². The van der Waals surface area contributed by atoms with Gasteiger partial charge < -0.3 is 4.57 Å². The third-order valence-electron chi connectivity index (χ3n) is 3.51. The van der Waals surface area contributed by atoms with E-state index in [0.717, 1.165) is 17.4 Å². The van der Waals surface area contributed by atoms with Gasteiger partial charge in [0.1, 0.15) is 0 Å². The second-order valence-electron chi connectivity index (χ2n) is 4.90. The fourth-order valence-corrected chi connectivity index (χ4v) is 2.83. The summed E-state index contributed by atoms with van der Waals surface area (Å²) in [5, 5.41) is 1.29. The summed E-state index contributed by atoms with van der Waals surface area (Å²) in [6, 6.07) is 19.3. The lowest BCUT2D eigenvalue weighted by Gasteiger charge is -2.08. The van der Waals surface area contributed by atoms with Crippen LogP contribution < -0.4 is 0 Å². The number of benzene rings is 2. The van der Waals surface area contributed by atoms with Gasteiger partial charge in [0.25, 0.3) is 0 Å². The highest BCUT2D eigenvalue weighted by Crippen LogP contribution is 2.22. The van der Waals surface area contributed by atoms with Gasteiger partial charge in [0.2, 0.25) is 0 Å². The molecule has 1 heterocycles. The van der Waals surface area contributed by atoms with E-state index in [4.69, 9.17) is 0 Å². The second-order valence-corrected chi connectivity index (χ2v) is 5.81. The predicted molar refractivity (Wildman–Crippen MR) is 89.1 cm³/mol. The van der Waals surface area contributed by atoms with Crippen molar-refractivity contribution in [3.63, 3.8) is 0 Å². The average molecular weight is 326 g/mol. The molecule has 0 aliphatic rings. The standard InChI is InChI=1S/C18H16BrN/c1-2-11-20-17(12-14-7-9-16(19)10-8-14)13-15-5-3-4-6-18(15)20/h2-10,13H,1,11-12H2. The molecule has 0 aliphatic carbocycles. The molecule has 0 fully saturated rings. The molecule has 3 rings (SSSR count). The number of hydrogen-bond acceptors (Lipinski definition) is 0. The van der Waals surface area contributed by atoms with Gasteiger partial charge in [0, 0.05) is 28.6 Å². The molecule has 1 nitrogen and oxygen atoms in total. The summed E-state index contributed by atoms with van der Waals surface area (Å²) < 4.78 is 3.46. The predicted octanol–water partition coefficient (Wildman–Crippen LogP) is 5.18. The molecule has 0 bridgehead atoms. The van der Waals surface area contributed by atoms with Crippen LogP contribution >= 0.6 is 15.9 Å². The Morgan fingerprint density at radius 2 is 1.80 bits per heavy atom. The lowest BCUT2D eigenvalue weighted by atomic mass is 10.1. The Kier molecular flexibility index (Phi) is 3.75. The van der Waals surface area contributed by atoms with E-state index in [2.05, 4.69) is 81.7 Å². The normalized spacial score (nSPS) is 10.8. The van der Waals surface area contributed by atoms with Gasteiger partial charge in [-0.3, -0.25) is 0 Å². The molecule has 0 N–H and O–H groups in total. The lowest BCUT2D eigenvalue weighted by Crippen LogP contribution is -2.01. The smallest absolute Gasteiger partial charge is 0.0485 e. The number of halogens is 1. The van der Waals surface area contributed by atoms with Crippen molar-refractivity contribution in [2.24, 2.45) is 0 Å². The Hall–Kier alpha value is -1.80. The summed E-state index contributed by atoms with van der Waals surface area (Å²) in [4.78, 5) is 0. The van der Waals surface area contributed by atoms with Crippen molar-refractivity contribution in [2.45, 2.75) is 13.0 Å². The Bertz CT molecular complexity index is 738. The first-order valence-electron chi connectivity index (χ1n) is 6.70. The molecule has 0 atom stereocenters. The van der Waals surface area contributed by atoms with Gasteiger partial charge >= 0.3 is 0 Å². The zero-order chi connectivity index (χ0) is 13.9. The first kappa shape index (κ1) is 13.2. The van der Waals surface area contributed by atoms with Crippen molar-refractivity contribution in [3.8, 4) is 0 Å². The highest BCUT2D eigenvalue weighted by atomic mass is 79.9. The fourth-order valence-electron chi connectivity index (χ4n) is 2.57. The summed E-state index contributed by atoms with van der Waals surface area (Å²) in [5.41, 5.74) is 3.93. The summed E-state index contributed by atoms with van der Waals surface area (Å²) >= 11 is 3.48. The zero-order valence-electron chi connectivity index (χ0n) is 11.2. The zero-order valence-corrected chi connectivity index (χ0v) is 12.8. The SMILES string of the molecule is C=CCn1c(Cc2ccc(Br)cc2)cc2ccccc21. The minimum Gasteiger partial charge on any atom is -0.340 e. The van der Waals surface area contributed by atoms with Crippen molar-refractivity contribution in [1.82, 2.24) is 4.57 Å². The van der Waals surface area contributed by atoms with Gasteiger partial charge in [-0.15, -0.1) is 6.58 Å². The first-order valence-corrected chi connectivity index (χ1v) is 7.50. The summed E-state index contributed by atoms with van der Waals surface area (Å²) in [5.74, 6) is 0. The highest BCUT2D eigenvalue weighted by molar-refractivity contribution is 9.10. The molecule has 0 spiro atoms. The third kappa shape index (κ3) is 2.56. The summed E-state index contributed by atoms with van der Waals surface area (Å²) in [6.45, 7) is 4.72. The third-order valence-corrected chi connectivity index (χ3v) is 4.04. The number of hydrogen-bond donors (Lipinski definition) is 0. The molecule has 0 amide bonds. The van der Waals surface area contributed by atoms with Crippen LogP contribution in [0.15, 0.2) is 71.7 Å². The Balaban J connectivity index is 2.03. The van der Waals surface area contributed by atoms with Crippen molar-refractivity contribution < 1.29 is 0 Å². The van der Waals surface area contributed by atoms with Gasteiger partial charge in [-0.25, -0.2) is 0 Å². The number of rotatable bonds is 4. The van der Waals surface area contributed by atoms with E-state index in [0.29, 0.717) is 0 Å². The number of allylic oxidation sites excluding steroid dienone is 1. The van der Waals surface area contributed by atoms with Gasteiger partial charge in [0.15, 0.2) is 0 Å². The molecule has 0 aliphatic heterocycles. The summed E-state index contributed by atoms with van der Waals surface area (Å²) in [6.07, 6.45) is 2.90. The van der Waals surface area contributed by atoms with E-state index in [-0.39, 0.29) is 0 Å². The molecule has 2 aromatic carbocycles. The topological polar surface area (TPSA) is 4.93 Å². The number of fused-ring (bicyclic) bond motifs is 1. The molecule has 0 radical (unpaired) electrons. The molecule has 0 saturated heterocycles. The van der Waals surface area contributed by atoms with E-state index in [9.17, 15) is 0 Å². The van der Waals surface area contributed by atoms with Crippen LogP contribution in [0.2, 0.25) is 0 Å². The average Bonchev–Trinajstić information content (AvgIpc) is 2.80. The van der Waals surface area contributed by atoms with E-state index in [1.54, 1.807) is 0 Å². The van der Waals surface area contributed by atoms with Crippen LogP contribution in [0.1, 0.15) is 11.3 Å². The first-order chi connectivity index (χ1) is 9.78. The minimum absolute atomic E-state index is 0.847. The van der Waals surface area contributed by atoms with E-state index in [1.807, 2.05) is 6.08 Å². The van der Waals surface area contributed by atoms with E-state index in [1.165, 1.54) is 22.2 Å². The van der Waals surface area contributed by atoms with Crippen LogP contribution in [0, 0.1) is 0 Å². The number of aromatic nitrogens is 1. The van der Waals surface area contributed by atoms with Crippen LogP contribution in [0.5, 0.6) is 0 Å². The number of nitrogens with zero attached hydrogens (tertiary/aromatic N) is 1. The monoisotopic (exact) mass is 325 g/mol. The van der Waals surface area contributed by atoms with Crippen LogP contribution in [0.4, 0.5) is 0 Å². The van der Waals surface area contributed by atoms with Crippen LogP contribution in [-0.2, 0) is 13.0 Å². The Morgan fingerprint density at radius 1 is 1.05 bits per heavy atom. The molecular weight excluding hydrogens is 310 g/mol. The van der Waals surface area contributed by atoms with Crippen LogP contribution in [-0.4, -0.2) is 4.57 Å². The molecule has 100 valence electrons. The van der Waals surface area contributed by atoms with Crippen molar-refractivity contribution in [3.05, 3.63) is 83.0 Å². The molecule has 2 heteroatoms. The maximum Gasteiger partial charge on any atom is 0.0485 e. The van der Waals surface area contributed by atoms with Crippen molar-refractivity contribution in [1.29, 1.82) is 0 Å². The largest absolute Gasteiger partial charge is 0.340 e. The van der Waals surface area contributed by atoms with E-state index >= 15 is 0 Å². The van der Waals surface area contributed by atoms with Crippen LogP contribution in [0.25, 0.3) is 10.9 Å². The second kappa shape index (κ2) is 5.68. The molecular formula is C18H16BrN. The Morgan fingerprint density at radius 3 is 2.55 bits per heavy atom. The van der Waals surface area contributed by atoms with Gasteiger partial charge in [0.05, 0.1) is 0 Å². The molecule has 0 saturated carbocycles. The molecule has 1 aromatic heterocycles. The quantitative estimate of drug-likeness (QED) is 0.582. The maximum atomic E-state index is 3.88. The minimum atomic E-state index is 0.847. The summed E-state index contributed by atoms with van der Waals surface area (Å²) in [7, 11) is 0. The Labute approximate surface area is 127 Å². The van der Waals surface area contributed by atoms with Crippen molar-refractivity contribution >= 4 is 26.8 Å². The fraction of sp³-hybridized carbons (Fsp3) is 0.111. The number of para-hydroxylation sites is 1. The van der Waals surface area contributed by atoms with Gasteiger partial charge in [-0.1, -0.05) is 52.3 Å². The van der Waals surface area contributed by atoms with Gasteiger partial charge in [-0.2, -0.15) is 0 Å². The molecule has 3 aromatic rings. The van der Waals surface area contributed by atoms with E-state index < -0.39 is 0 Å². The van der Waals surface area contributed by atoms with Crippen molar-refractivity contribution in [2.75, 3.05) is 0 Å².